The van der Waals surface area contributed by atoms with Gasteiger partial charge in [0.1, 0.15) is 0 Å². The molecule has 1 N–H and O–H groups in total. The van der Waals surface area contributed by atoms with Crippen molar-refractivity contribution in [2.45, 2.75) is 80.1 Å². The normalized spacial score (nSPS) is 11.0. The van der Waals surface area contributed by atoms with E-state index in [4.69, 9.17) is 0 Å². The van der Waals surface area contributed by atoms with Gasteiger partial charge in [0, 0.05) is 24.1 Å². The van der Waals surface area contributed by atoms with E-state index in [9.17, 15) is 4.79 Å². The first-order chi connectivity index (χ1) is 12.6. The molecule has 0 saturated carbocycles. The quantitative estimate of drug-likeness (QED) is 0.374. The highest BCUT2D eigenvalue weighted by Gasteiger charge is 2.18. The van der Waals surface area contributed by atoms with Crippen LogP contribution in [-0.4, -0.2) is 10.8 Å². The summed E-state index contributed by atoms with van der Waals surface area (Å²) in [6.45, 7) is 16.7. The van der Waals surface area contributed by atoms with Gasteiger partial charge in [-0.15, -0.1) is 0 Å². The molecule has 1 aromatic carbocycles. The van der Waals surface area contributed by atoms with Crippen LogP contribution in [0.1, 0.15) is 91.9 Å². The number of unbranched alkanes of at least 4 members (excludes halogenated alkanes) is 3. The SMILES string of the molecule is C=C(C(=O)c1c[nH]c2ccccc12)C(C)CCCC.CC.CCCCC.[HH]. The van der Waals surface area contributed by atoms with Crippen LogP contribution in [0.3, 0.4) is 0 Å². The predicted molar refractivity (Wildman–Crippen MR) is 119 cm³/mol. The van der Waals surface area contributed by atoms with Gasteiger partial charge in [0.25, 0.3) is 0 Å². The van der Waals surface area contributed by atoms with E-state index in [1.54, 1.807) is 6.20 Å². The Morgan fingerprint density at radius 1 is 1.08 bits per heavy atom. The number of allylic oxidation sites excluding steroid dienone is 1. The number of aromatic nitrogens is 1. The van der Waals surface area contributed by atoms with Crippen molar-refractivity contribution >= 4 is 16.7 Å². The number of Topliss-reactive ketones (excluding diaryl/α,β-unsaturated/α-hetero) is 1. The molecule has 0 radical (unpaired) electrons. The van der Waals surface area contributed by atoms with Crippen LogP contribution in [0.4, 0.5) is 0 Å². The number of hydrogen-bond donors (Lipinski definition) is 1. The molecule has 0 spiro atoms. The van der Waals surface area contributed by atoms with Crippen LogP contribution in [0, 0.1) is 5.92 Å². The number of carbonyl (C=O) groups excluding carboxylic acids is 1. The molecule has 0 amide bonds. The Morgan fingerprint density at radius 3 is 2.19 bits per heavy atom. The van der Waals surface area contributed by atoms with E-state index in [1.165, 1.54) is 19.3 Å². The van der Waals surface area contributed by atoms with Crippen molar-refractivity contribution in [2.24, 2.45) is 5.92 Å². The zero-order chi connectivity index (χ0) is 19.9. The van der Waals surface area contributed by atoms with E-state index >= 15 is 0 Å². The number of ketones is 1. The molecule has 26 heavy (non-hydrogen) atoms. The van der Waals surface area contributed by atoms with Gasteiger partial charge in [-0.1, -0.05) is 98.4 Å². The summed E-state index contributed by atoms with van der Waals surface area (Å²) in [5, 5.41) is 0.983. The summed E-state index contributed by atoms with van der Waals surface area (Å²) in [5.74, 6) is 0.321. The van der Waals surface area contributed by atoms with Crippen LogP contribution in [0.25, 0.3) is 10.9 Å². The molecule has 0 aliphatic rings. The van der Waals surface area contributed by atoms with Crippen molar-refractivity contribution in [3.8, 4) is 0 Å². The van der Waals surface area contributed by atoms with E-state index in [0.29, 0.717) is 0 Å². The molecule has 2 aromatic rings. The van der Waals surface area contributed by atoms with E-state index in [1.807, 2.05) is 38.1 Å². The van der Waals surface area contributed by atoms with Crippen LogP contribution >= 0.6 is 0 Å². The molecule has 1 aromatic heterocycles. The predicted octanol–water partition coefficient (Wildman–Crippen LogP) is 8.20. The largest absolute Gasteiger partial charge is 0.360 e. The molecule has 0 fully saturated rings. The minimum Gasteiger partial charge on any atom is -0.360 e. The highest BCUT2D eigenvalue weighted by atomic mass is 16.1. The maximum absolute atomic E-state index is 12.5. The fraction of sp³-hybridized carbons (Fsp3) is 0.542. The molecule has 0 bridgehead atoms. The maximum atomic E-state index is 12.5. The second-order valence-corrected chi connectivity index (χ2v) is 6.50. The summed E-state index contributed by atoms with van der Waals surface area (Å²) in [6.07, 6.45) is 9.20. The van der Waals surface area contributed by atoms with Crippen molar-refractivity contribution in [3.63, 3.8) is 0 Å². The van der Waals surface area contributed by atoms with Crippen molar-refractivity contribution in [3.05, 3.63) is 48.2 Å². The number of nitrogens with one attached hydrogen (secondary N) is 1. The number of para-hydroxylation sites is 1. The lowest BCUT2D eigenvalue weighted by atomic mass is 9.90. The van der Waals surface area contributed by atoms with Gasteiger partial charge in [0.2, 0.25) is 0 Å². The maximum Gasteiger partial charge on any atom is 0.190 e. The zero-order valence-corrected chi connectivity index (χ0v) is 17.8. The number of rotatable bonds is 8. The summed E-state index contributed by atoms with van der Waals surface area (Å²) in [4.78, 5) is 15.6. The van der Waals surface area contributed by atoms with Crippen LogP contribution in [0.15, 0.2) is 42.6 Å². The average molecular weight is 360 g/mol. The smallest absolute Gasteiger partial charge is 0.190 e. The van der Waals surface area contributed by atoms with Gasteiger partial charge in [-0.3, -0.25) is 4.79 Å². The van der Waals surface area contributed by atoms with Crippen LogP contribution in [-0.2, 0) is 0 Å². The van der Waals surface area contributed by atoms with E-state index < -0.39 is 0 Å². The van der Waals surface area contributed by atoms with E-state index in [-0.39, 0.29) is 13.1 Å². The molecule has 1 heterocycles. The Morgan fingerprint density at radius 2 is 1.65 bits per heavy atom. The monoisotopic (exact) mass is 359 g/mol. The third-order valence-electron chi connectivity index (χ3n) is 4.42. The minimum atomic E-state index is 0. The Labute approximate surface area is 162 Å². The Balaban J connectivity index is 0. The Kier molecular flexibility index (Phi) is 13.3. The number of H-pyrrole nitrogens is 1. The molecular weight excluding hydrogens is 318 g/mol. The van der Waals surface area contributed by atoms with Crippen LogP contribution in [0.5, 0.6) is 0 Å². The molecule has 2 rings (SSSR count). The molecule has 148 valence electrons. The first-order valence-corrected chi connectivity index (χ1v) is 10.4. The highest BCUT2D eigenvalue weighted by Crippen LogP contribution is 2.25. The van der Waals surface area contributed by atoms with Crippen LogP contribution < -0.4 is 0 Å². The topological polar surface area (TPSA) is 32.9 Å². The second-order valence-electron chi connectivity index (χ2n) is 6.50. The van der Waals surface area contributed by atoms with E-state index in [0.717, 1.165) is 41.3 Å². The molecule has 0 aliphatic carbocycles. The lowest BCUT2D eigenvalue weighted by Gasteiger charge is -2.12. The molecule has 2 nitrogen and oxygen atoms in total. The Hall–Kier alpha value is -1.83. The summed E-state index contributed by atoms with van der Waals surface area (Å²) in [5.41, 5.74) is 2.46. The number of fused-ring (bicyclic) bond motifs is 1. The van der Waals surface area contributed by atoms with Gasteiger partial charge in [-0.05, 0) is 24.0 Å². The summed E-state index contributed by atoms with van der Waals surface area (Å²) < 4.78 is 0. The standard InChI is InChI=1S/C17H21NO.C5H12.C2H6.H2/c1-4-5-8-12(2)13(3)17(19)15-11-18-16-10-7-6-9-14(15)16;1-3-5-4-2;1-2;/h6-7,9-12,18H,3-5,8H2,1-2H3;3-5H2,1-2H3;1-2H3;1H. The third-order valence-corrected chi connectivity index (χ3v) is 4.42. The van der Waals surface area contributed by atoms with Crippen molar-refractivity contribution in [2.75, 3.05) is 0 Å². The average Bonchev–Trinajstić information content (AvgIpc) is 3.11. The van der Waals surface area contributed by atoms with Gasteiger partial charge in [-0.25, -0.2) is 0 Å². The lowest BCUT2D eigenvalue weighted by molar-refractivity contribution is 0.102. The Bertz CT molecular complexity index is 643. The van der Waals surface area contributed by atoms with Crippen molar-refractivity contribution < 1.29 is 6.22 Å². The minimum absolute atomic E-state index is 0. The molecule has 1 unspecified atom stereocenters. The zero-order valence-electron chi connectivity index (χ0n) is 17.8. The van der Waals surface area contributed by atoms with E-state index in [2.05, 4.69) is 39.3 Å². The number of carbonyl (C=O) groups is 1. The number of benzene rings is 1. The number of aromatic amines is 1. The molecular formula is C24H41NO. The lowest BCUT2D eigenvalue weighted by Crippen LogP contribution is -2.09. The molecule has 1 atom stereocenters. The molecule has 0 saturated heterocycles. The van der Waals surface area contributed by atoms with Gasteiger partial charge >= 0.3 is 0 Å². The highest BCUT2D eigenvalue weighted by molar-refractivity contribution is 6.16. The van der Waals surface area contributed by atoms with Gasteiger partial charge < -0.3 is 4.98 Å². The van der Waals surface area contributed by atoms with Gasteiger partial charge in [-0.2, -0.15) is 0 Å². The van der Waals surface area contributed by atoms with Crippen LogP contribution in [0.2, 0.25) is 0 Å². The van der Waals surface area contributed by atoms with Crippen molar-refractivity contribution in [1.29, 1.82) is 0 Å². The summed E-state index contributed by atoms with van der Waals surface area (Å²) >= 11 is 0. The third kappa shape index (κ3) is 7.59. The summed E-state index contributed by atoms with van der Waals surface area (Å²) in [7, 11) is 0. The number of hydrogen-bond acceptors (Lipinski definition) is 1. The van der Waals surface area contributed by atoms with Crippen molar-refractivity contribution in [1.82, 2.24) is 4.98 Å². The summed E-state index contributed by atoms with van der Waals surface area (Å²) in [6, 6.07) is 7.88. The van der Waals surface area contributed by atoms with Gasteiger partial charge in [0.05, 0.1) is 0 Å². The first-order valence-electron chi connectivity index (χ1n) is 10.4. The fourth-order valence-corrected chi connectivity index (χ4v) is 2.69. The van der Waals surface area contributed by atoms with Gasteiger partial charge in [0.15, 0.2) is 5.78 Å². The molecule has 2 heteroatoms. The first kappa shape index (κ1) is 24.2. The fourth-order valence-electron chi connectivity index (χ4n) is 2.69. The molecule has 0 aliphatic heterocycles. The second kappa shape index (κ2) is 14.4.